The Hall–Kier alpha value is -1.92. The number of esters is 2. The van der Waals surface area contributed by atoms with Crippen molar-refractivity contribution in [3.8, 4) is 0 Å². The van der Waals surface area contributed by atoms with Gasteiger partial charge in [0.25, 0.3) is 0 Å². The number of carbonyl (C=O) groups is 4. The monoisotopic (exact) mass is 489 g/mol. The van der Waals surface area contributed by atoms with Crippen molar-refractivity contribution in [3.63, 3.8) is 0 Å². The molecule has 0 aromatic heterocycles. The SMILES string of the molecule is CC(=O)O[C@H]1C[C@H]2[C@@H]([C@H](OC(C)=O)C[C@@H]3CC(=O)CC[C@@]32C)[C@@H]2CC[C@H]([C@H](C)CCC(N)=O)[C@@]12C. The van der Waals surface area contributed by atoms with Gasteiger partial charge in [-0.3, -0.25) is 19.2 Å². The van der Waals surface area contributed by atoms with Crippen LogP contribution in [0.3, 0.4) is 0 Å². The lowest BCUT2D eigenvalue weighted by Gasteiger charge is -2.63. The molecule has 0 aromatic rings. The Bertz CT molecular complexity index is 887. The van der Waals surface area contributed by atoms with Crippen molar-refractivity contribution in [1.82, 2.24) is 0 Å². The molecule has 0 heterocycles. The normalized spacial score (nSPS) is 43.3. The van der Waals surface area contributed by atoms with Crippen molar-refractivity contribution in [2.45, 2.75) is 105 Å². The van der Waals surface area contributed by atoms with Gasteiger partial charge in [0.05, 0.1) is 0 Å². The van der Waals surface area contributed by atoms with Gasteiger partial charge in [-0.2, -0.15) is 0 Å². The highest BCUT2D eigenvalue weighted by Crippen LogP contribution is 2.69. The number of hydrogen-bond donors (Lipinski definition) is 1. The number of fused-ring (bicyclic) bond motifs is 5. The van der Waals surface area contributed by atoms with E-state index in [9.17, 15) is 19.2 Å². The zero-order valence-electron chi connectivity index (χ0n) is 22.0. The Morgan fingerprint density at radius 3 is 2.37 bits per heavy atom. The number of ether oxygens (including phenoxy) is 2. The molecule has 4 fully saturated rings. The zero-order chi connectivity index (χ0) is 25.7. The second kappa shape index (κ2) is 9.51. The standard InChI is InChI=1S/C28H43NO6/c1-15(6-9-25(29)33)20-7-8-21-26-22(14-24(28(20,21)5)35-17(3)31)27(4)11-10-19(32)12-18(27)13-23(26)34-16(2)30/h15,18,20-24,26H,6-14H2,1-5H3,(H2,29,33)/t15-,18+,20-,21+,22+,23-,24+,26+,27+,28-/m1/s1. The predicted molar refractivity (Wildman–Crippen MR) is 130 cm³/mol. The van der Waals surface area contributed by atoms with Gasteiger partial charge < -0.3 is 15.2 Å². The van der Waals surface area contributed by atoms with Crippen molar-refractivity contribution in [1.29, 1.82) is 0 Å². The van der Waals surface area contributed by atoms with Crippen LogP contribution in [0.15, 0.2) is 0 Å². The molecule has 4 saturated carbocycles. The smallest absolute Gasteiger partial charge is 0.302 e. The molecule has 10 atom stereocenters. The van der Waals surface area contributed by atoms with Crippen molar-refractivity contribution in [2.24, 2.45) is 52.1 Å². The summed E-state index contributed by atoms with van der Waals surface area (Å²) in [6.45, 7) is 9.73. The molecule has 196 valence electrons. The maximum Gasteiger partial charge on any atom is 0.302 e. The fourth-order valence-electron chi connectivity index (χ4n) is 9.18. The van der Waals surface area contributed by atoms with Crippen molar-refractivity contribution in [2.75, 3.05) is 0 Å². The number of rotatable bonds is 6. The van der Waals surface area contributed by atoms with E-state index >= 15 is 0 Å². The van der Waals surface area contributed by atoms with E-state index in [4.69, 9.17) is 15.2 Å². The summed E-state index contributed by atoms with van der Waals surface area (Å²) in [5.74, 6) is 0.851. The summed E-state index contributed by atoms with van der Waals surface area (Å²) >= 11 is 0. The third-order valence-corrected chi connectivity index (χ3v) is 10.8. The summed E-state index contributed by atoms with van der Waals surface area (Å²) in [6, 6.07) is 0. The summed E-state index contributed by atoms with van der Waals surface area (Å²) in [5, 5.41) is 0. The lowest BCUT2D eigenvalue weighted by molar-refractivity contribution is -0.219. The minimum atomic E-state index is -0.287. The van der Waals surface area contributed by atoms with Crippen molar-refractivity contribution >= 4 is 23.6 Å². The average Bonchev–Trinajstić information content (AvgIpc) is 3.11. The van der Waals surface area contributed by atoms with E-state index < -0.39 is 0 Å². The van der Waals surface area contributed by atoms with Gasteiger partial charge in [-0.05, 0) is 73.5 Å². The van der Waals surface area contributed by atoms with E-state index in [2.05, 4.69) is 20.8 Å². The molecule has 4 aliphatic rings. The molecule has 35 heavy (non-hydrogen) atoms. The molecule has 7 heteroatoms. The van der Waals surface area contributed by atoms with Crippen LogP contribution in [0.4, 0.5) is 0 Å². The highest BCUT2D eigenvalue weighted by molar-refractivity contribution is 5.79. The number of Topliss-reactive ketones (excluding diaryl/α,β-unsaturated/α-hetero) is 1. The van der Waals surface area contributed by atoms with E-state index in [1.54, 1.807) is 0 Å². The number of amides is 1. The first kappa shape index (κ1) is 26.2. The fourth-order valence-corrected chi connectivity index (χ4v) is 9.18. The van der Waals surface area contributed by atoms with Gasteiger partial charge in [-0.1, -0.05) is 20.8 Å². The van der Waals surface area contributed by atoms with Gasteiger partial charge in [0.2, 0.25) is 5.91 Å². The molecule has 2 N–H and O–H groups in total. The number of hydrogen-bond acceptors (Lipinski definition) is 6. The van der Waals surface area contributed by atoms with Crippen LogP contribution in [0.5, 0.6) is 0 Å². The first-order chi connectivity index (χ1) is 16.4. The second-order valence-electron chi connectivity index (χ2n) is 12.5. The Balaban J connectivity index is 1.74. The van der Waals surface area contributed by atoms with Crippen LogP contribution in [-0.2, 0) is 28.7 Å². The summed E-state index contributed by atoms with van der Waals surface area (Å²) in [4.78, 5) is 48.4. The molecular formula is C28H43NO6. The molecule has 4 aliphatic carbocycles. The van der Waals surface area contributed by atoms with E-state index in [-0.39, 0.29) is 76.4 Å². The summed E-state index contributed by atoms with van der Waals surface area (Å²) in [5.41, 5.74) is 5.15. The number of ketones is 1. The molecule has 0 spiro atoms. The lowest BCUT2D eigenvalue weighted by atomic mass is 9.43. The number of primary amides is 1. The van der Waals surface area contributed by atoms with Crippen LogP contribution in [0.25, 0.3) is 0 Å². The molecule has 1 amide bonds. The Morgan fingerprint density at radius 2 is 1.74 bits per heavy atom. The minimum absolute atomic E-state index is 0.0371. The molecule has 0 bridgehead atoms. The summed E-state index contributed by atoms with van der Waals surface area (Å²) in [6.07, 6.45) is 6.05. The lowest BCUT2D eigenvalue weighted by Crippen LogP contribution is -2.63. The minimum Gasteiger partial charge on any atom is -0.462 e. The first-order valence-electron chi connectivity index (χ1n) is 13.5. The summed E-state index contributed by atoms with van der Waals surface area (Å²) < 4.78 is 12.1. The van der Waals surface area contributed by atoms with E-state index in [1.165, 1.54) is 13.8 Å². The Kier molecular flexibility index (Phi) is 7.11. The zero-order valence-corrected chi connectivity index (χ0v) is 22.0. The quantitative estimate of drug-likeness (QED) is 0.560. The van der Waals surface area contributed by atoms with Crippen LogP contribution in [0.1, 0.15) is 92.4 Å². The van der Waals surface area contributed by atoms with Gasteiger partial charge in [-0.15, -0.1) is 0 Å². The Morgan fingerprint density at radius 1 is 1.06 bits per heavy atom. The van der Waals surface area contributed by atoms with E-state index in [0.29, 0.717) is 25.0 Å². The van der Waals surface area contributed by atoms with Crippen LogP contribution in [0, 0.1) is 46.3 Å². The third-order valence-electron chi connectivity index (χ3n) is 10.8. The van der Waals surface area contributed by atoms with Crippen molar-refractivity contribution < 1.29 is 28.7 Å². The molecular weight excluding hydrogens is 446 g/mol. The topological polar surface area (TPSA) is 113 Å². The van der Waals surface area contributed by atoms with Crippen LogP contribution in [0.2, 0.25) is 0 Å². The molecule has 0 unspecified atom stereocenters. The van der Waals surface area contributed by atoms with Crippen LogP contribution in [-0.4, -0.2) is 35.8 Å². The number of nitrogens with two attached hydrogens (primary N) is 1. The molecule has 0 aliphatic heterocycles. The van der Waals surface area contributed by atoms with Crippen LogP contribution >= 0.6 is 0 Å². The highest BCUT2D eigenvalue weighted by atomic mass is 16.5. The molecule has 0 aromatic carbocycles. The average molecular weight is 490 g/mol. The maximum atomic E-state index is 12.4. The van der Waals surface area contributed by atoms with Crippen LogP contribution < -0.4 is 5.73 Å². The van der Waals surface area contributed by atoms with Gasteiger partial charge in [0.1, 0.15) is 18.0 Å². The third kappa shape index (κ3) is 4.53. The van der Waals surface area contributed by atoms with Crippen molar-refractivity contribution in [3.05, 3.63) is 0 Å². The van der Waals surface area contributed by atoms with Gasteiger partial charge in [-0.25, -0.2) is 0 Å². The molecule has 0 saturated heterocycles. The second-order valence-corrected chi connectivity index (χ2v) is 12.5. The molecule has 7 nitrogen and oxygen atoms in total. The predicted octanol–water partition coefficient (Wildman–Crippen LogP) is 4.20. The number of carbonyl (C=O) groups excluding carboxylic acids is 4. The van der Waals surface area contributed by atoms with Gasteiger partial charge in [0.15, 0.2) is 0 Å². The molecule has 0 radical (unpaired) electrons. The summed E-state index contributed by atoms with van der Waals surface area (Å²) in [7, 11) is 0. The first-order valence-corrected chi connectivity index (χ1v) is 13.5. The molecule has 4 rings (SSSR count). The fraction of sp³-hybridized carbons (Fsp3) is 0.857. The van der Waals surface area contributed by atoms with E-state index in [1.807, 2.05) is 0 Å². The van der Waals surface area contributed by atoms with Gasteiger partial charge in [0, 0.05) is 44.4 Å². The largest absolute Gasteiger partial charge is 0.462 e. The maximum absolute atomic E-state index is 12.4. The Labute approximate surface area is 209 Å². The van der Waals surface area contributed by atoms with E-state index in [0.717, 1.165) is 38.5 Å². The van der Waals surface area contributed by atoms with Gasteiger partial charge >= 0.3 is 11.9 Å². The highest BCUT2D eigenvalue weighted by Gasteiger charge is 2.67.